The third-order valence-electron chi connectivity index (χ3n) is 2.04. The van der Waals surface area contributed by atoms with Crippen molar-refractivity contribution in [2.75, 3.05) is 0 Å². The fraction of sp³-hybridized carbons (Fsp3) is 0.300. The van der Waals surface area contributed by atoms with Crippen molar-refractivity contribution >= 4 is 17.5 Å². The van der Waals surface area contributed by atoms with Crippen LogP contribution in [0.3, 0.4) is 0 Å². The van der Waals surface area contributed by atoms with Crippen LogP contribution in [0.15, 0.2) is 6.07 Å². The van der Waals surface area contributed by atoms with Crippen molar-refractivity contribution in [1.29, 1.82) is 0 Å². The number of rotatable bonds is 2. The number of halogens is 3. The van der Waals surface area contributed by atoms with E-state index in [4.69, 9.17) is 17.3 Å². The lowest BCUT2D eigenvalue weighted by Gasteiger charge is -2.12. The summed E-state index contributed by atoms with van der Waals surface area (Å²) in [5.41, 5.74) is 4.94. The first kappa shape index (κ1) is 11.9. The van der Waals surface area contributed by atoms with Crippen LogP contribution >= 0.6 is 11.6 Å². The van der Waals surface area contributed by atoms with Gasteiger partial charge < -0.3 is 5.73 Å². The zero-order chi connectivity index (χ0) is 11.7. The Morgan fingerprint density at radius 3 is 2.33 bits per heavy atom. The molecule has 15 heavy (non-hydrogen) atoms. The van der Waals surface area contributed by atoms with E-state index < -0.39 is 22.6 Å². The van der Waals surface area contributed by atoms with Crippen LogP contribution in [0.4, 0.5) is 8.78 Å². The van der Waals surface area contributed by atoms with Gasteiger partial charge in [0, 0.05) is 11.1 Å². The molecule has 0 aromatic heterocycles. The molecule has 0 aliphatic carbocycles. The lowest BCUT2D eigenvalue weighted by molar-refractivity contribution is 0.0998. The SMILES string of the molecule is CC(C)c1c(C(N)=O)cc(Cl)c(F)c1F. The van der Waals surface area contributed by atoms with Gasteiger partial charge in [-0.05, 0) is 12.0 Å². The second kappa shape index (κ2) is 4.14. The maximum Gasteiger partial charge on any atom is 0.249 e. The van der Waals surface area contributed by atoms with Gasteiger partial charge in [-0.15, -0.1) is 0 Å². The van der Waals surface area contributed by atoms with E-state index in [0.717, 1.165) is 6.07 Å². The molecule has 0 bridgehead atoms. The van der Waals surface area contributed by atoms with E-state index in [9.17, 15) is 13.6 Å². The third-order valence-corrected chi connectivity index (χ3v) is 2.32. The van der Waals surface area contributed by atoms with Gasteiger partial charge in [-0.25, -0.2) is 8.78 Å². The molecule has 1 amide bonds. The smallest absolute Gasteiger partial charge is 0.249 e. The molecule has 0 saturated heterocycles. The zero-order valence-corrected chi connectivity index (χ0v) is 9.03. The Balaban J connectivity index is 3.58. The highest BCUT2D eigenvalue weighted by Crippen LogP contribution is 2.29. The quantitative estimate of drug-likeness (QED) is 0.785. The molecule has 0 aliphatic rings. The predicted octanol–water partition coefficient (Wildman–Crippen LogP) is 2.84. The molecule has 1 rings (SSSR count). The fourth-order valence-corrected chi connectivity index (χ4v) is 1.57. The topological polar surface area (TPSA) is 43.1 Å². The van der Waals surface area contributed by atoms with E-state index in [-0.39, 0.29) is 17.0 Å². The largest absolute Gasteiger partial charge is 0.366 e. The molecule has 0 radical (unpaired) electrons. The first-order valence-corrected chi connectivity index (χ1v) is 4.71. The third kappa shape index (κ3) is 2.09. The summed E-state index contributed by atoms with van der Waals surface area (Å²) >= 11 is 5.42. The van der Waals surface area contributed by atoms with Crippen molar-refractivity contribution < 1.29 is 13.6 Å². The maximum absolute atomic E-state index is 13.5. The second-order valence-electron chi connectivity index (χ2n) is 3.47. The van der Waals surface area contributed by atoms with Gasteiger partial charge in [0.2, 0.25) is 5.91 Å². The molecule has 0 atom stereocenters. The Bertz CT molecular complexity index is 418. The van der Waals surface area contributed by atoms with Gasteiger partial charge >= 0.3 is 0 Å². The van der Waals surface area contributed by atoms with Gasteiger partial charge in [0.05, 0.1) is 5.02 Å². The van der Waals surface area contributed by atoms with Crippen molar-refractivity contribution in [2.24, 2.45) is 5.73 Å². The lowest BCUT2D eigenvalue weighted by Crippen LogP contribution is -2.16. The normalized spacial score (nSPS) is 10.8. The number of carbonyl (C=O) groups is 1. The predicted molar refractivity (Wildman–Crippen MR) is 54.0 cm³/mol. The molecule has 82 valence electrons. The van der Waals surface area contributed by atoms with E-state index in [1.54, 1.807) is 13.8 Å². The van der Waals surface area contributed by atoms with Crippen LogP contribution in [0.5, 0.6) is 0 Å². The van der Waals surface area contributed by atoms with Crippen molar-refractivity contribution in [3.05, 3.63) is 33.9 Å². The van der Waals surface area contributed by atoms with Crippen LogP contribution in [0, 0.1) is 11.6 Å². The van der Waals surface area contributed by atoms with Crippen LogP contribution in [0.1, 0.15) is 35.7 Å². The molecule has 5 heteroatoms. The molecule has 0 unspecified atom stereocenters. The molecule has 2 N–H and O–H groups in total. The van der Waals surface area contributed by atoms with E-state index in [2.05, 4.69) is 0 Å². The summed E-state index contributed by atoms with van der Waals surface area (Å²) in [7, 11) is 0. The standard InChI is InChI=1S/C10H10ClF2NO/c1-4(2)7-5(10(14)15)3-6(11)8(12)9(7)13/h3-4H,1-2H3,(H2,14,15). The zero-order valence-electron chi connectivity index (χ0n) is 8.27. The van der Waals surface area contributed by atoms with Crippen molar-refractivity contribution in [2.45, 2.75) is 19.8 Å². The highest BCUT2D eigenvalue weighted by atomic mass is 35.5. The van der Waals surface area contributed by atoms with Gasteiger partial charge in [-0.2, -0.15) is 0 Å². The summed E-state index contributed by atoms with van der Waals surface area (Å²) in [5.74, 6) is -3.42. The number of hydrogen-bond acceptors (Lipinski definition) is 1. The van der Waals surface area contributed by atoms with Gasteiger partial charge in [0.25, 0.3) is 0 Å². The lowest BCUT2D eigenvalue weighted by atomic mass is 9.96. The Hall–Kier alpha value is -1.16. The highest BCUT2D eigenvalue weighted by Gasteiger charge is 2.22. The Morgan fingerprint density at radius 1 is 1.40 bits per heavy atom. The van der Waals surface area contributed by atoms with Gasteiger partial charge in [-0.3, -0.25) is 4.79 Å². The van der Waals surface area contributed by atoms with Crippen LogP contribution in [0.25, 0.3) is 0 Å². The number of amides is 1. The molecule has 1 aromatic carbocycles. The molecule has 0 heterocycles. The summed E-state index contributed by atoms with van der Waals surface area (Å²) in [6.45, 7) is 3.27. The van der Waals surface area contributed by atoms with Gasteiger partial charge in [0.1, 0.15) is 0 Å². The summed E-state index contributed by atoms with van der Waals surface area (Å²) in [4.78, 5) is 11.0. The Labute approximate surface area is 91.0 Å². The molecule has 0 aliphatic heterocycles. The average Bonchev–Trinajstić information content (AvgIpc) is 2.12. The number of primary amides is 1. The summed E-state index contributed by atoms with van der Waals surface area (Å²) in [5, 5.41) is -0.439. The Kier molecular flexibility index (Phi) is 3.29. The van der Waals surface area contributed by atoms with E-state index in [1.807, 2.05) is 0 Å². The number of hydrogen-bond donors (Lipinski definition) is 1. The minimum absolute atomic E-state index is 0.0376. The van der Waals surface area contributed by atoms with Crippen molar-refractivity contribution in [3.8, 4) is 0 Å². The molecule has 0 spiro atoms. The van der Waals surface area contributed by atoms with E-state index in [1.165, 1.54) is 0 Å². The van der Waals surface area contributed by atoms with Crippen LogP contribution in [0.2, 0.25) is 5.02 Å². The first-order valence-electron chi connectivity index (χ1n) is 4.33. The summed E-state index contributed by atoms with van der Waals surface area (Å²) in [6.07, 6.45) is 0. The molecule has 0 fully saturated rings. The van der Waals surface area contributed by atoms with Crippen molar-refractivity contribution in [1.82, 2.24) is 0 Å². The number of nitrogens with two attached hydrogens (primary N) is 1. The minimum atomic E-state index is -1.15. The molecule has 0 saturated carbocycles. The molecular formula is C10H10ClF2NO. The maximum atomic E-state index is 13.5. The molecule has 2 nitrogen and oxygen atoms in total. The summed E-state index contributed by atoms with van der Waals surface area (Å²) < 4.78 is 26.6. The van der Waals surface area contributed by atoms with Crippen LogP contribution < -0.4 is 5.73 Å². The number of carbonyl (C=O) groups excluding carboxylic acids is 1. The van der Waals surface area contributed by atoms with Crippen molar-refractivity contribution in [3.63, 3.8) is 0 Å². The molecular weight excluding hydrogens is 224 g/mol. The van der Waals surface area contributed by atoms with Gasteiger partial charge in [0.15, 0.2) is 11.6 Å². The van der Waals surface area contributed by atoms with E-state index >= 15 is 0 Å². The minimum Gasteiger partial charge on any atom is -0.366 e. The molecule has 1 aromatic rings. The first-order chi connectivity index (χ1) is 6.86. The van der Waals surface area contributed by atoms with E-state index in [0.29, 0.717) is 0 Å². The monoisotopic (exact) mass is 233 g/mol. The highest BCUT2D eigenvalue weighted by molar-refractivity contribution is 6.31. The van der Waals surface area contributed by atoms with Crippen LogP contribution in [-0.2, 0) is 0 Å². The fourth-order valence-electron chi connectivity index (χ4n) is 1.38. The van der Waals surface area contributed by atoms with Gasteiger partial charge in [-0.1, -0.05) is 25.4 Å². The number of benzene rings is 1. The Morgan fingerprint density at radius 2 is 1.93 bits per heavy atom. The second-order valence-corrected chi connectivity index (χ2v) is 3.87. The van der Waals surface area contributed by atoms with Crippen LogP contribution in [-0.4, -0.2) is 5.91 Å². The average molecular weight is 234 g/mol. The summed E-state index contributed by atoms with van der Waals surface area (Å²) in [6, 6.07) is 1.05.